The first-order chi connectivity index (χ1) is 9.00. The van der Waals surface area contributed by atoms with E-state index in [1.807, 2.05) is 49.6 Å². The third-order valence-corrected chi connectivity index (χ3v) is 3.04. The van der Waals surface area contributed by atoms with Gasteiger partial charge in [-0.1, -0.05) is 30.3 Å². The number of rotatable bonds is 4. The lowest BCUT2D eigenvalue weighted by Gasteiger charge is -2.23. The van der Waals surface area contributed by atoms with Crippen LogP contribution < -0.4 is 11.1 Å². The molecule has 2 rings (SSSR count). The average Bonchev–Trinajstić information content (AvgIpc) is 2.82. The molecule has 0 aliphatic carbocycles. The van der Waals surface area contributed by atoms with Crippen LogP contribution >= 0.6 is 0 Å². The predicted octanol–water partition coefficient (Wildman–Crippen LogP) is 0.910. The quantitative estimate of drug-likeness (QED) is 0.856. The number of nitrogens with one attached hydrogen (secondary N) is 1. The lowest BCUT2D eigenvalue weighted by molar-refractivity contribution is -0.126. The maximum absolute atomic E-state index is 12.2. The highest BCUT2D eigenvalue weighted by atomic mass is 16.2. The zero-order valence-electron chi connectivity index (χ0n) is 11.1. The number of carbonyl (C=O) groups excluding carboxylic acids is 1. The first-order valence-electron chi connectivity index (χ1n) is 6.11. The van der Waals surface area contributed by atoms with E-state index < -0.39 is 5.54 Å². The molecule has 0 aliphatic heterocycles. The summed E-state index contributed by atoms with van der Waals surface area (Å²) in [7, 11) is 1.84. The smallest absolute Gasteiger partial charge is 0.244 e. The highest BCUT2D eigenvalue weighted by Crippen LogP contribution is 2.17. The second-order valence-electron chi connectivity index (χ2n) is 4.73. The molecule has 1 aromatic carbocycles. The molecule has 1 amide bonds. The van der Waals surface area contributed by atoms with Crippen molar-refractivity contribution < 1.29 is 4.79 Å². The Morgan fingerprint density at radius 1 is 1.37 bits per heavy atom. The number of amides is 1. The van der Waals surface area contributed by atoms with E-state index in [1.54, 1.807) is 11.6 Å². The maximum atomic E-state index is 12.2. The molecule has 19 heavy (non-hydrogen) atoms. The average molecular weight is 258 g/mol. The van der Waals surface area contributed by atoms with Crippen LogP contribution in [0.5, 0.6) is 0 Å². The minimum Gasteiger partial charge on any atom is -0.348 e. The van der Waals surface area contributed by atoms with Crippen LogP contribution in [-0.2, 0) is 23.9 Å². The zero-order valence-corrected chi connectivity index (χ0v) is 11.1. The van der Waals surface area contributed by atoms with Crippen molar-refractivity contribution in [3.05, 3.63) is 53.9 Å². The Bertz CT molecular complexity index is 560. The highest BCUT2D eigenvalue weighted by molar-refractivity contribution is 5.86. The molecule has 1 heterocycles. The van der Waals surface area contributed by atoms with Crippen molar-refractivity contribution >= 4 is 5.91 Å². The van der Waals surface area contributed by atoms with E-state index in [-0.39, 0.29) is 5.91 Å². The molecule has 0 bridgehead atoms. The predicted molar refractivity (Wildman–Crippen MR) is 73.0 cm³/mol. The molecule has 2 aromatic rings. The largest absolute Gasteiger partial charge is 0.348 e. The summed E-state index contributed by atoms with van der Waals surface area (Å²) in [4.78, 5) is 12.2. The minimum absolute atomic E-state index is 0.218. The molecule has 3 N–H and O–H groups in total. The lowest BCUT2D eigenvalue weighted by Crippen LogP contribution is -2.48. The van der Waals surface area contributed by atoms with Crippen LogP contribution in [-0.4, -0.2) is 15.7 Å². The van der Waals surface area contributed by atoms with Crippen molar-refractivity contribution in [2.75, 3.05) is 0 Å². The monoisotopic (exact) mass is 258 g/mol. The Labute approximate surface area is 112 Å². The van der Waals surface area contributed by atoms with Crippen molar-refractivity contribution in [2.45, 2.75) is 19.0 Å². The summed E-state index contributed by atoms with van der Waals surface area (Å²) in [5, 5.41) is 7.01. The molecule has 100 valence electrons. The van der Waals surface area contributed by atoms with Crippen molar-refractivity contribution in [1.82, 2.24) is 15.1 Å². The van der Waals surface area contributed by atoms with E-state index in [9.17, 15) is 4.79 Å². The molecule has 5 heteroatoms. The number of aryl methyl sites for hydroxylation is 1. The molecule has 0 spiro atoms. The number of hydrogen-bond donors (Lipinski definition) is 2. The second-order valence-corrected chi connectivity index (χ2v) is 4.73. The number of hydrogen-bond acceptors (Lipinski definition) is 3. The topological polar surface area (TPSA) is 72.9 Å². The van der Waals surface area contributed by atoms with Gasteiger partial charge >= 0.3 is 0 Å². The van der Waals surface area contributed by atoms with Gasteiger partial charge in [0.25, 0.3) is 0 Å². The van der Waals surface area contributed by atoms with E-state index in [4.69, 9.17) is 5.73 Å². The molecular formula is C14H18N4O. The molecule has 5 nitrogen and oxygen atoms in total. The van der Waals surface area contributed by atoms with Gasteiger partial charge in [0.15, 0.2) is 0 Å². The second kappa shape index (κ2) is 5.24. The number of aromatic nitrogens is 2. The van der Waals surface area contributed by atoms with E-state index >= 15 is 0 Å². The molecule has 1 unspecified atom stereocenters. The van der Waals surface area contributed by atoms with Crippen molar-refractivity contribution in [1.29, 1.82) is 0 Å². The summed E-state index contributed by atoms with van der Waals surface area (Å²) >= 11 is 0. The van der Waals surface area contributed by atoms with Gasteiger partial charge in [0, 0.05) is 13.2 Å². The van der Waals surface area contributed by atoms with E-state index in [0.29, 0.717) is 6.54 Å². The van der Waals surface area contributed by atoms with Gasteiger partial charge in [-0.25, -0.2) is 0 Å². The molecule has 1 atom stereocenters. The summed E-state index contributed by atoms with van der Waals surface area (Å²) in [6, 6.07) is 11.2. The molecular weight excluding hydrogens is 240 g/mol. The van der Waals surface area contributed by atoms with E-state index in [1.165, 1.54) is 0 Å². The van der Waals surface area contributed by atoms with E-state index in [2.05, 4.69) is 10.4 Å². The fourth-order valence-corrected chi connectivity index (χ4v) is 1.83. The van der Waals surface area contributed by atoms with Crippen molar-refractivity contribution in [2.24, 2.45) is 12.8 Å². The molecule has 0 saturated heterocycles. The van der Waals surface area contributed by atoms with Crippen molar-refractivity contribution in [3.63, 3.8) is 0 Å². The third kappa shape index (κ3) is 3.00. The fraction of sp³-hybridized carbons (Fsp3) is 0.286. The first-order valence-corrected chi connectivity index (χ1v) is 6.11. The Morgan fingerprint density at radius 3 is 2.63 bits per heavy atom. The highest BCUT2D eigenvalue weighted by Gasteiger charge is 2.30. The number of carbonyl (C=O) groups is 1. The molecule has 0 aliphatic rings. The molecule has 0 saturated carbocycles. The Morgan fingerprint density at radius 2 is 2.05 bits per heavy atom. The van der Waals surface area contributed by atoms with Crippen LogP contribution in [0.1, 0.15) is 18.2 Å². The van der Waals surface area contributed by atoms with Gasteiger partial charge in [0.2, 0.25) is 5.91 Å². The van der Waals surface area contributed by atoms with Crippen molar-refractivity contribution in [3.8, 4) is 0 Å². The van der Waals surface area contributed by atoms with Gasteiger partial charge in [-0.2, -0.15) is 5.10 Å². The van der Waals surface area contributed by atoms with Gasteiger partial charge in [-0.15, -0.1) is 0 Å². The van der Waals surface area contributed by atoms with Crippen LogP contribution in [0.2, 0.25) is 0 Å². The summed E-state index contributed by atoms with van der Waals surface area (Å²) in [6.07, 6.45) is 1.83. The Hall–Kier alpha value is -2.14. The molecule has 0 radical (unpaired) electrons. The van der Waals surface area contributed by atoms with Gasteiger partial charge in [0.05, 0.1) is 12.2 Å². The van der Waals surface area contributed by atoms with Crippen LogP contribution in [0.3, 0.4) is 0 Å². The summed E-state index contributed by atoms with van der Waals surface area (Å²) < 4.78 is 1.69. The standard InChI is InChI=1S/C14H18N4O/c1-14(15,11-6-4-3-5-7-11)13(19)16-10-12-8-9-18(2)17-12/h3-9H,10,15H2,1-2H3,(H,16,19). The van der Waals surface area contributed by atoms with Gasteiger partial charge in [-0.05, 0) is 18.6 Å². The zero-order chi connectivity index (χ0) is 13.9. The van der Waals surface area contributed by atoms with Gasteiger partial charge < -0.3 is 11.1 Å². The van der Waals surface area contributed by atoms with Crippen LogP contribution in [0.25, 0.3) is 0 Å². The Balaban J connectivity index is 2.03. The molecule has 0 fully saturated rings. The molecule has 1 aromatic heterocycles. The lowest BCUT2D eigenvalue weighted by atomic mass is 9.92. The van der Waals surface area contributed by atoms with Crippen LogP contribution in [0.15, 0.2) is 42.6 Å². The van der Waals surface area contributed by atoms with Gasteiger partial charge in [0.1, 0.15) is 5.54 Å². The van der Waals surface area contributed by atoms with Gasteiger partial charge in [-0.3, -0.25) is 9.48 Å². The summed E-state index contributed by atoms with van der Waals surface area (Å²) in [6.45, 7) is 2.08. The number of nitrogens with two attached hydrogens (primary N) is 1. The minimum atomic E-state index is -1.05. The number of benzene rings is 1. The first kappa shape index (κ1) is 13.3. The van der Waals surface area contributed by atoms with E-state index in [0.717, 1.165) is 11.3 Å². The van der Waals surface area contributed by atoms with Crippen LogP contribution in [0, 0.1) is 0 Å². The normalized spacial score (nSPS) is 13.8. The SMILES string of the molecule is Cn1ccc(CNC(=O)C(C)(N)c2ccccc2)n1. The summed E-state index contributed by atoms with van der Waals surface area (Å²) in [5.41, 5.74) is 6.66. The maximum Gasteiger partial charge on any atom is 0.244 e. The van der Waals surface area contributed by atoms with Crippen LogP contribution in [0.4, 0.5) is 0 Å². The fourth-order valence-electron chi connectivity index (χ4n) is 1.83. The third-order valence-electron chi connectivity index (χ3n) is 3.04. The Kier molecular flexibility index (Phi) is 3.66. The summed E-state index contributed by atoms with van der Waals surface area (Å²) in [5.74, 6) is -0.218. The number of nitrogens with zero attached hydrogens (tertiary/aromatic N) is 2.